The zero-order valence-corrected chi connectivity index (χ0v) is 15.3. The molecule has 7 heteroatoms. The highest BCUT2D eigenvalue weighted by Crippen LogP contribution is 2.21. The van der Waals surface area contributed by atoms with Gasteiger partial charge in [-0.15, -0.1) is 9.94 Å². The lowest BCUT2D eigenvalue weighted by molar-refractivity contribution is 0.0802. The van der Waals surface area contributed by atoms with Crippen LogP contribution in [0.2, 0.25) is 0 Å². The van der Waals surface area contributed by atoms with Crippen LogP contribution in [0.25, 0.3) is 0 Å². The molecule has 27 heavy (non-hydrogen) atoms. The van der Waals surface area contributed by atoms with Gasteiger partial charge in [0.15, 0.2) is 0 Å². The van der Waals surface area contributed by atoms with Crippen molar-refractivity contribution in [1.29, 1.82) is 0 Å². The highest BCUT2D eigenvalue weighted by atomic mass is 16.7. The minimum Gasteiger partial charge on any atom is -0.397 e. The summed E-state index contributed by atoms with van der Waals surface area (Å²) in [5, 5.41) is 6.61. The molecule has 1 N–H and O–H groups in total. The number of hydrogen-bond acceptors (Lipinski definition) is 5. The monoisotopic (exact) mass is 368 g/mol. The smallest absolute Gasteiger partial charge is 0.259 e. The van der Waals surface area contributed by atoms with Gasteiger partial charge in [0.1, 0.15) is 6.61 Å². The standard InChI is InChI=1S/C20H24N4O3/c25-19-17-8-4-6-16(18(17)20(26)22-19)7-5-11-27-24-14-15(12-21-24)13-23-9-2-1-3-10-23/h4,6,8,12,14H,1-3,5,7,9-11,13H2,(H,22,25,26). The number of aryl methyl sites for hydroxylation is 1. The SMILES string of the molecule is O=C1NC(=O)c2c(CCCOn3cc(CN4CCCCC4)cn3)cccc21. The molecule has 1 aromatic carbocycles. The molecule has 0 radical (unpaired) electrons. The molecule has 1 saturated heterocycles. The predicted molar refractivity (Wildman–Crippen MR) is 99.4 cm³/mol. The van der Waals surface area contributed by atoms with Crippen molar-refractivity contribution in [2.24, 2.45) is 0 Å². The van der Waals surface area contributed by atoms with Crippen molar-refractivity contribution < 1.29 is 14.4 Å². The Morgan fingerprint density at radius 3 is 2.81 bits per heavy atom. The molecule has 1 aromatic heterocycles. The van der Waals surface area contributed by atoms with Crippen molar-refractivity contribution in [3.05, 3.63) is 52.8 Å². The van der Waals surface area contributed by atoms with E-state index < -0.39 is 0 Å². The van der Waals surface area contributed by atoms with Crippen LogP contribution in [-0.4, -0.2) is 46.4 Å². The maximum Gasteiger partial charge on any atom is 0.259 e. The molecule has 2 aliphatic heterocycles. The maximum absolute atomic E-state index is 11.9. The van der Waals surface area contributed by atoms with Crippen LogP contribution in [0, 0.1) is 0 Å². The van der Waals surface area contributed by atoms with E-state index in [1.165, 1.54) is 24.1 Å². The molecule has 0 unspecified atom stereocenters. The number of likely N-dealkylation sites (tertiary alicyclic amines) is 1. The first-order chi connectivity index (χ1) is 13.2. The first-order valence-electron chi connectivity index (χ1n) is 9.57. The van der Waals surface area contributed by atoms with Crippen LogP contribution in [0.4, 0.5) is 0 Å². The average Bonchev–Trinajstić information content (AvgIpc) is 3.24. The van der Waals surface area contributed by atoms with E-state index in [0.29, 0.717) is 24.2 Å². The van der Waals surface area contributed by atoms with Gasteiger partial charge in [-0.25, -0.2) is 0 Å². The molecule has 142 valence electrons. The molecule has 3 heterocycles. The summed E-state index contributed by atoms with van der Waals surface area (Å²) < 4.78 is 0. The number of aromatic nitrogens is 2. The molecule has 2 aliphatic rings. The van der Waals surface area contributed by atoms with E-state index in [1.54, 1.807) is 6.07 Å². The van der Waals surface area contributed by atoms with Gasteiger partial charge in [0, 0.05) is 12.1 Å². The number of benzene rings is 1. The second kappa shape index (κ2) is 7.92. The molecule has 0 saturated carbocycles. The molecule has 0 spiro atoms. The van der Waals surface area contributed by atoms with Gasteiger partial charge in [-0.2, -0.15) is 0 Å². The van der Waals surface area contributed by atoms with Crippen molar-refractivity contribution in [3.63, 3.8) is 0 Å². The third-order valence-corrected chi connectivity index (χ3v) is 5.13. The highest BCUT2D eigenvalue weighted by molar-refractivity contribution is 6.22. The van der Waals surface area contributed by atoms with Crippen molar-refractivity contribution in [3.8, 4) is 0 Å². The molecule has 2 aromatic rings. The second-order valence-electron chi connectivity index (χ2n) is 7.15. The summed E-state index contributed by atoms with van der Waals surface area (Å²) in [6.45, 7) is 3.72. The summed E-state index contributed by atoms with van der Waals surface area (Å²) in [5.41, 5.74) is 3.01. The fourth-order valence-electron chi connectivity index (χ4n) is 3.79. The van der Waals surface area contributed by atoms with E-state index in [1.807, 2.05) is 24.5 Å². The summed E-state index contributed by atoms with van der Waals surface area (Å²) in [6, 6.07) is 5.39. The Labute approximate surface area is 158 Å². The Kier molecular flexibility index (Phi) is 5.20. The number of hydrogen-bond donors (Lipinski definition) is 1. The fourth-order valence-corrected chi connectivity index (χ4v) is 3.79. The Morgan fingerprint density at radius 1 is 1.11 bits per heavy atom. The first kappa shape index (κ1) is 17.7. The lowest BCUT2D eigenvalue weighted by Gasteiger charge is -2.25. The normalized spacial score (nSPS) is 17.0. The number of fused-ring (bicyclic) bond motifs is 1. The molecular weight excluding hydrogens is 344 g/mol. The first-order valence-corrected chi connectivity index (χ1v) is 9.57. The van der Waals surface area contributed by atoms with E-state index in [-0.39, 0.29) is 11.8 Å². The van der Waals surface area contributed by atoms with Gasteiger partial charge in [-0.3, -0.25) is 19.8 Å². The summed E-state index contributed by atoms with van der Waals surface area (Å²) >= 11 is 0. The maximum atomic E-state index is 11.9. The van der Waals surface area contributed by atoms with Gasteiger partial charge >= 0.3 is 0 Å². The molecule has 0 bridgehead atoms. The number of piperidine rings is 1. The fraction of sp³-hybridized carbons (Fsp3) is 0.450. The summed E-state index contributed by atoms with van der Waals surface area (Å²) in [4.78, 5) is 33.3. The summed E-state index contributed by atoms with van der Waals surface area (Å²) in [7, 11) is 0. The average molecular weight is 368 g/mol. The summed E-state index contributed by atoms with van der Waals surface area (Å²) in [5.74, 6) is -0.619. The van der Waals surface area contributed by atoms with Gasteiger partial charge in [0.25, 0.3) is 11.8 Å². The van der Waals surface area contributed by atoms with Crippen molar-refractivity contribution >= 4 is 11.8 Å². The zero-order valence-electron chi connectivity index (χ0n) is 15.3. The minimum atomic E-state index is -0.314. The number of nitrogens with zero attached hydrogens (tertiary/aromatic N) is 3. The highest BCUT2D eigenvalue weighted by Gasteiger charge is 2.28. The van der Waals surface area contributed by atoms with Crippen molar-refractivity contribution in [2.45, 2.75) is 38.6 Å². The number of imide groups is 1. The molecule has 0 atom stereocenters. The van der Waals surface area contributed by atoms with E-state index >= 15 is 0 Å². The van der Waals surface area contributed by atoms with Crippen LogP contribution >= 0.6 is 0 Å². The van der Waals surface area contributed by atoms with Crippen molar-refractivity contribution in [2.75, 3.05) is 19.7 Å². The number of rotatable bonds is 7. The van der Waals surface area contributed by atoms with Crippen molar-refractivity contribution in [1.82, 2.24) is 20.2 Å². The zero-order chi connectivity index (χ0) is 18.6. The molecular formula is C20H24N4O3. The van der Waals surface area contributed by atoms with Gasteiger partial charge < -0.3 is 4.84 Å². The lowest BCUT2D eigenvalue weighted by atomic mass is 9.99. The Balaban J connectivity index is 1.27. The van der Waals surface area contributed by atoms with E-state index in [2.05, 4.69) is 15.3 Å². The topological polar surface area (TPSA) is 76.5 Å². The van der Waals surface area contributed by atoms with Crippen LogP contribution in [0.15, 0.2) is 30.6 Å². The van der Waals surface area contributed by atoms with Crippen LogP contribution in [-0.2, 0) is 13.0 Å². The van der Waals surface area contributed by atoms with E-state index in [0.717, 1.165) is 37.2 Å². The Hall–Kier alpha value is -2.67. The Morgan fingerprint density at radius 2 is 1.96 bits per heavy atom. The number of amides is 2. The van der Waals surface area contributed by atoms with Crippen LogP contribution in [0.1, 0.15) is 57.5 Å². The number of carbonyl (C=O) groups excluding carboxylic acids is 2. The lowest BCUT2D eigenvalue weighted by Crippen LogP contribution is -2.28. The number of carbonyl (C=O) groups is 2. The Bertz CT molecular complexity index is 840. The van der Waals surface area contributed by atoms with Crippen LogP contribution in [0.5, 0.6) is 0 Å². The quantitative estimate of drug-likeness (QED) is 0.596. The molecule has 4 rings (SSSR count). The van der Waals surface area contributed by atoms with Gasteiger partial charge in [0.2, 0.25) is 0 Å². The molecule has 0 aliphatic carbocycles. The van der Waals surface area contributed by atoms with Gasteiger partial charge in [-0.1, -0.05) is 18.6 Å². The largest absolute Gasteiger partial charge is 0.397 e. The van der Waals surface area contributed by atoms with E-state index in [9.17, 15) is 9.59 Å². The van der Waals surface area contributed by atoms with Gasteiger partial charge in [-0.05, 0) is 50.4 Å². The summed E-state index contributed by atoms with van der Waals surface area (Å²) in [6.07, 6.45) is 9.08. The predicted octanol–water partition coefficient (Wildman–Crippen LogP) is 1.81. The van der Waals surface area contributed by atoms with Gasteiger partial charge in [0.05, 0.1) is 23.5 Å². The number of nitrogens with one attached hydrogen (secondary N) is 1. The van der Waals surface area contributed by atoms with Crippen LogP contribution in [0.3, 0.4) is 0 Å². The molecule has 1 fully saturated rings. The van der Waals surface area contributed by atoms with E-state index in [4.69, 9.17) is 4.84 Å². The minimum absolute atomic E-state index is 0.305. The third kappa shape index (κ3) is 4.03. The third-order valence-electron chi connectivity index (χ3n) is 5.13. The van der Waals surface area contributed by atoms with Crippen LogP contribution < -0.4 is 10.2 Å². The molecule has 7 nitrogen and oxygen atoms in total. The molecule has 2 amide bonds. The second-order valence-corrected chi connectivity index (χ2v) is 7.15.